The molecule has 0 spiro atoms. The maximum atomic E-state index is 13.5. The Morgan fingerprint density at radius 2 is 1.95 bits per heavy atom. The standard InChI is InChI=1S/C32H40N6O5/c1-31(2,3)43-30(41)38(18-22-8-6-9-22)24-10-7-14-36(19-24)26-13-12-23(17-33-26)32(20-42-21-32)29(40)35-25-16-28(39)37-15-5-4-11-27(37)34-25/h4-5,11-13,15-17,22,24H,6-10,14,18-21H2,1-3H3,(H,35,40)/t24-/m1/s1. The number of piperidine rings is 1. The van der Waals surface area contributed by atoms with Gasteiger partial charge in [-0.1, -0.05) is 18.6 Å². The number of fused-ring (bicyclic) bond motifs is 1. The van der Waals surface area contributed by atoms with Gasteiger partial charge < -0.3 is 24.6 Å². The summed E-state index contributed by atoms with van der Waals surface area (Å²) in [6, 6.07) is 10.5. The molecule has 11 nitrogen and oxygen atoms in total. The van der Waals surface area contributed by atoms with E-state index in [4.69, 9.17) is 14.5 Å². The summed E-state index contributed by atoms with van der Waals surface area (Å²) in [6.07, 6.45) is 8.54. The van der Waals surface area contributed by atoms with Gasteiger partial charge in [0.1, 0.15) is 28.3 Å². The van der Waals surface area contributed by atoms with Crippen molar-refractivity contribution in [3.8, 4) is 0 Å². The number of nitrogens with one attached hydrogen (secondary N) is 1. The van der Waals surface area contributed by atoms with E-state index in [0.717, 1.165) is 50.2 Å². The fourth-order valence-corrected chi connectivity index (χ4v) is 6.01. The first-order valence-electron chi connectivity index (χ1n) is 15.2. The van der Waals surface area contributed by atoms with Crippen LogP contribution >= 0.6 is 0 Å². The van der Waals surface area contributed by atoms with E-state index in [9.17, 15) is 14.4 Å². The summed E-state index contributed by atoms with van der Waals surface area (Å²) in [5, 5.41) is 2.83. The lowest BCUT2D eigenvalue weighted by Gasteiger charge is -2.43. The first kappa shape index (κ1) is 29.1. The van der Waals surface area contributed by atoms with Gasteiger partial charge in [-0.05, 0) is 76.1 Å². The van der Waals surface area contributed by atoms with Crippen LogP contribution in [0.3, 0.4) is 0 Å². The lowest BCUT2D eigenvalue weighted by Crippen LogP contribution is -2.55. The molecule has 3 aliphatic rings. The number of pyridine rings is 2. The molecule has 0 bridgehead atoms. The zero-order valence-electron chi connectivity index (χ0n) is 25.1. The third-order valence-corrected chi connectivity index (χ3v) is 8.71. The van der Waals surface area contributed by atoms with Gasteiger partial charge in [0, 0.05) is 38.1 Å². The lowest BCUT2D eigenvalue weighted by atomic mass is 9.78. The van der Waals surface area contributed by atoms with Crippen molar-refractivity contribution >= 4 is 29.3 Å². The van der Waals surface area contributed by atoms with Crippen molar-refractivity contribution in [2.45, 2.75) is 69.9 Å². The highest BCUT2D eigenvalue weighted by molar-refractivity contribution is 5.99. The molecule has 228 valence electrons. The molecule has 3 fully saturated rings. The van der Waals surface area contributed by atoms with E-state index < -0.39 is 11.0 Å². The summed E-state index contributed by atoms with van der Waals surface area (Å²) in [5.74, 6) is 1.26. The fourth-order valence-electron chi connectivity index (χ4n) is 6.01. The Labute approximate surface area is 251 Å². The first-order valence-corrected chi connectivity index (χ1v) is 15.2. The zero-order valence-corrected chi connectivity index (χ0v) is 25.1. The molecule has 1 N–H and O–H groups in total. The van der Waals surface area contributed by atoms with Gasteiger partial charge in [0.05, 0.1) is 19.3 Å². The highest BCUT2D eigenvalue weighted by Crippen LogP contribution is 2.35. The van der Waals surface area contributed by atoms with Crippen molar-refractivity contribution in [2.75, 3.05) is 43.1 Å². The average molecular weight is 589 g/mol. The predicted octanol–water partition coefficient (Wildman–Crippen LogP) is 4.00. The van der Waals surface area contributed by atoms with Crippen LogP contribution in [-0.2, 0) is 19.7 Å². The van der Waals surface area contributed by atoms with Gasteiger partial charge in [-0.2, -0.15) is 0 Å². The minimum atomic E-state index is -0.921. The van der Waals surface area contributed by atoms with Gasteiger partial charge in [-0.3, -0.25) is 14.0 Å². The van der Waals surface area contributed by atoms with Crippen LogP contribution in [0.25, 0.3) is 5.65 Å². The van der Waals surface area contributed by atoms with E-state index >= 15 is 0 Å². The first-order chi connectivity index (χ1) is 20.6. The molecule has 2 aliphatic heterocycles. The van der Waals surface area contributed by atoms with Gasteiger partial charge >= 0.3 is 6.09 Å². The average Bonchev–Trinajstić information content (AvgIpc) is 2.91. The number of ether oxygens (including phenoxy) is 2. The quantitative estimate of drug-likeness (QED) is 0.440. The van der Waals surface area contributed by atoms with E-state index in [1.165, 1.54) is 16.9 Å². The molecule has 2 saturated heterocycles. The number of amides is 2. The molecule has 6 rings (SSSR count). The molecule has 11 heteroatoms. The summed E-state index contributed by atoms with van der Waals surface area (Å²) >= 11 is 0. The van der Waals surface area contributed by atoms with Crippen LogP contribution in [-0.4, -0.2) is 75.8 Å². The van der Waals surface area contributed by atoms with E-state index in [1.807, 2.05) is 37.8 Å². The third-order valence-electron chi connectivity index (χ3n) is 8.71. The Morgan fingerprint density at radius 3 is 2.60 bits per heavy atom. The van der Waals surface area contributed by atoms with Gasteiger partial charge in [-0.15, -0.1) is 0 Å². The second kappa shape index (κ2) is 11.6. The molecule has 3 aromatic rings. The minimum Gasteiger partial charge on any atom is -0.444 e. The van der Waals surface area contributed by atoms with Crippen molar-refractivity contribution in [3.63, 3.8) is 0 Å². The molecule has 0 radical (unpaired) electrons. The number of aromatic nitrogens is 3. The van der Waals surface area contributed by atoms with Crippen LogP contribution in [0.15, 0.2) is 53.6 Å². The van der Waals surface area contributed by atoms with Crippen molar-refractivity contribution in [1.29, 1.82) is 0 Å². The van der Waals surface area contributed by atoms with Crippen LogP contribution in [0, 0.1) is 5.92 Å². The molecule has 0 aromatic carbocycles. The predicted molar refractivity (Wildman–Crippen MR) is 162 cm³/mol. The Hall–Kier alpha value is -3.99. The number of rotatable bonds is 7. The summed E-state index contributed by atoms with van der Waals surface area (Å²) < 4.78 is 12.7. The number of hydrogen-bond donors (Lipinski definition) is 1. The number of hydrogen-bond acceptors (Lipinski definition) is 8. The fraction of sp³-hybridized carbons (Fsp3) is 0.531. The second-order valence-electron chi connectivity index (χ2n) is 13.0. The van der Waals surface area contributed by atoms with Crippen molar-refractivity contribution in [2.24, 2.45) is 5.92 Å². The monoisotopic (exact) mass is 588 g/mol. The van der Waals surface area contributed by atoms with Gasteiger partial charge in [0.15, 0.2) is 0 Å². The number of anilines is 2. The molecule has 1 saturated carbocycles. The van der Waals surface area contributed by atoms with E-state index in [2.05, 4.69) is 15.2 Å². The minimum absolute atomic E-state index is 0.0429. The van der Waals surface area contributed by atoms with Crippen LogP contribution in [0.4, 0.5) is 16.4 Å². The van der Waals surface area contributed by atoms with E-state index in [0.29, 0.717) is 18.1 Å². The summed E-state index contributed by atoms with van der Waals surface area (Å²) in [5.41, 5.74) is -0.548. The second-order valence-corrected chi connectivity index (χ2v) is 13.0. The molecular formula is C32H40N6O5. The zero-order chi connectivity index (χ0) is 30.2. The van der Waals surface area contributed by atoms with Crippen molar-refractivity contribution in [1.82, 2.24) is 19.3 Å². The number of carbonyl (C=O) groups is 2. The number of carbonyl (C=O) groups excluding carboxylic acids is 2. The lowest BCUT2D eigenvalue weighted by molar-refractivity contribution is -0.139. The van der Waals surface area contributed by atoms with Crippen LogP contribution in [0.2, 0.25) is 0 Å². The third kappa shape index (κ3) is 6.08. The topological polar surface area (TPSA) is 118 Å². The Balaban J connectivity index is 1.16. The Kier molecular flexibility index (Phi) is 7.85. The SMILES string of the molecule is CC(C)(C)OC(=O)N(CC1CCC1)[C@@H]1CCCN(c2ccc(C3(C(=O)Nc4cc(=O)n5ccccc5n4)COC3)cn2)C1. The molecule has 0 unspecified atom stereocenters. The highest BCUT2D eigenvalue weighted by atomic mass is 16.6. The van der Waals surface area contributed by atoms with Gasteiger partial charge in [-0.25, -0.2) is 14.8 Å². The Bertz CT molecular complexity index is 1540. The normalized spacial score (nSPS) is 20.2. The Morgan fingerprint density at radius 1 is 1.14 bits per heavy atom. The molecule has 1 aliphatic carbocycles. The smallest absolute Gasteiger partial charge is 0.410 e. The van der Waals surface area contributed by atoms with Crippen LogP contribution in [0.1, 0.15) is 58.4 Å². The van der Waals surface area contributed by atoms with Crippen molar-refractivity contribution < 1.29 is 19.1 Å². The van der Waals surface area contributed by atoms with Crippen LogP contribution in [0.5, 0.6) is 0 Å². The van der Waals surface area contributed by atoms with Gasteiger partial charge in [0.25, 0.3) is 5.56 Å². The molecule has 3 aromatic heterocycles. The molecule has 43 heavy (non-hydrogen) atoms. The number of nitrogens with zero attached hydrogens (tertiary/aromatic N) is 5. The van der Waals surface area contributed by atoms with E-state index in [-0.39, 0.29) is 42.6 Å². The molecular weight excluding hydrogens is 548 g/mol. The summed E-state index contributed by atoms with van der Waals surface area (Å²) in [6.45, 7) is 8.39. The molecule has 2 amide bonds. The molecule has 1 atom stereocenters. The van der Waals surface area contributed by atoms with Gasteiger partial charge in [0.2, 0.25) is 5.91 Å². The van der Waals surface area contributed by atoms with Crippen molar-refractivity contribution in [3.05, 3.63) is 64.7 Å². The maximum absolute atomic E-state index is 13.5. The highest BCUT2D eigenvalue weighted by Gasteiger charge is 2.48. The van der Waals surface area contributed by atoms with Crippen LogP contribution < -0.4 is 15.8 Å². The molecule has 5 heterocycles. The largest absolute Gasteiger partial charge is 0.444 e. The maximum Gasteiger partial charge on any atom is 0.410 e. The van der Waals surface area contributed by atoms with E-state index in [1.54, 1.807) is 30.6 Å². The summed E-state index contributed by atoms with van der Waals surface area (Å²) in [7, 11) is 0. The summed E-state index contributed by atoms with van der Waals surface area (Å²) in [4.78, 5) is 52.6.